The van der Waals surface area contributed by atoms with Crippen molar-refractivity contribution < 1.29 is 0 Å². The van der Waals surface area contributed by atoms with Gasteiger partial charge < -0.3 is 0 Å². The molecular weight excluding hydrogens is 223 g/mol. The quantitative estimate of drug-likeness (QED) is 0.643. The van der Waals surface area contributed by atoms with E-state index < -0.39 is 5.96 Å². The topological polar surface area (TPSA) is 0 Å². The molecule has 0 aliphatic carbocycles. The first-order valence-electron chi connectivity index (χ1n) is 5.82. The summed E-state index contributed by atoms with van der Waals surface area (Å²) in [4.78, 5) is 0. The van der Waals surface area contributed by atoms with Crippen LogP contribution in [0.3, 0.4) is 0 Å². The van der Waals surface area contributed by atoms with E-state index in [9.17, 15) is 0 Å². The van der Waals surface area contributed by atoms with E-state index in [1.54, 1.807) is 0 Å². The molecule has 0 saturated heterocycles. The molecule has 0 aliphatic heterocycles. The van der Waals surface area contributed by atoms with Crippen molar-refractivity contribution in [2.24, 2.45) is 0 Å². The Morgan fingerprint density at radius 3 is 1.80 bits per heavy atom. The van der Waals surface area contributed by atoms with E-state index in [1.165, 1.54) is 5.56 Å². The van der Waals surface area contributed by atoms with Crippen LogP contribution >= 0.6 is 17.2 Å². The van der Waals surface area contributed by atoms with Gasteiger partial charge in [0.15, 0.2) is 0 Å². The van der Waals surface area contributed by atoms with Crippen molar-refractivity contribution >= 4 is 17.2 Å². The van der Waals surface area contributed by atoms with Crippen LogP contribution in [-0.2, 0) is 6.16 Å². The van der Waals surface area contributed by atoms with Gasteiger partial charge in [0.05, 0.1) is 0 Å². The van der Waals surface area contributed by atoms with Gasteiger partial charge in [-0.2, -0.15) is 0 Å². The van der Waals surface area contributed by atoms with Crippen molar-refractivity contribution in [3.8, 4) is 0 Å². The summed E-state index contributed by atoms with van der Waals surface area (Å²) < 4.78 is 0. The Hall–Kier alpha value is -0.0600. The number of rotatable bonds is 5. The van der Waals surface area contributed by atoms with Crippen LogP contribution in [0.2, 0.25) is 0 Å². The van der Waals surface area contributed by atoms with Crippen molar-refractivity contribution in [3.05, 3.63) is 35.9 Å². The zero-order valence-corrected chi connectivity index (χ0v) is 11.7. The van der Waals surface area contributed by atoms with E-state index >= 15 is 0 Å². The summed E-state index contributed by atoms with van der Waals surface area (Å²) in [5.41, 5.74) is 1.40. The van der Waals surface area contributed by atoms with Gasteiger partial charge in [-0.25, -0.2) is 0 Å². The van der Waals surface area contributed by atoms with Crippen LogP contribution in [0.15, 0.2) is 30.3 Å². The molecule has 86 valence electrons. The molecule has 0 aromatic heterocycles. The van der Waals surface area contributed by atoms with Crippen molar-refractivity contribution in [1.29, 1.82) is 0 Å². The van der Waals surface area contributed by atoms with E-state index in [2.05, 4.69) is 51.1 Å². The van der Waals surface area contributed by atoms with Gasteiger partial charge in [0.2, 0.25) is 0 Å². The average Bonchev–Trinajstić information content (AvgIpc) is 2.31. The Labute approximate surface area is 98.8 Å². The molecule has 15 heavy (non-hydrogen) atoms. The van der Waals surface area contributed by atoms with Crippen LogP contribution < -0.4 is 0 Å². The molecule has 0 unspecified atom stereocenters. The van der Waals surface area contributed by atoms with Crippen LogP contribution in [0.5, 0.6) is 0 Å². The minimum atomic E-state index is -1.96. The van der Waals surface area contributed by atoms with Gasteiger partial charge >= 0.3 is 98.5 Å². The second-order valence-corrected chi connectivity index (χ2v) is 13.1. The summed E-state index contributed by atoms with van der Waals surface area (Å²) in [6.07, 6.45) is 4.54. The fourth-order valence-corrected chi connectivity index (χ4v) is 5.60. The van der Waals surface area contributed by atoms with Crippen LogP contribution in [0, 0.1) is 0 Å². The van der Waals surface area contributed by atoms with Gasteiger partial charge in [0.25, 0.3) is 0 Å². The predicted octanol–water partition coefficient (Wildman–Crippen LogP) is 4.95. The summed E-state index contributed by atoms with van der Waals surface area (Å²) in [5.74, 6) is -1.96. The van der Waals surface area contributed by atoms with Crippen LogP contribution in [0.4, 0.5) is 0 Å². The molecule has 1 aromatic carbocycles. The molecule has 1 rings (SSSR count). The van der Waals surface area contributed by atoms with Gasteiger partial charge in [0, 0.05) is 0 Å². The van der Waals surface area contributed by atoms with E-state index in [1.807, 2.05) is 0 Å². The third-order valence-electron chi connectivity index (χ3n) is 3.79. The summed E-state index contributed by atoms with van der Waals surface area (Å²) in [6, 6.07) is 10.7. The zero-order valence-electron chi connectivity index (χ0n) is 10.0. The number of hydrogen-bond acceptors (Lipinski definition) is 0. The maximum absolute atomic E-state index is 7.02. The second kappa shape index (κ2) is 4.85. The van der Waals surface area contributed by atoms with Crippen LogP contribution in [-0.4, -0.2) is 18.5 Å². The molecule has 0 aliphatic rings. The molecule has 1 aromatic rings. The number of halogens is 1. The normalized spacial score (nSPS) is 14.5. The first-order valence-corrected chi connectivity index (χ1v) is 9.70. The third-order valence-corrected chi connectivity index (χ3v) is 12.2. The van der Waals surface area contributed by atoms with Crippen molar-refractivity contribution in [1.82, 2.24) is 0 Å². The molecule has 0 N–H and O–H groups in total. The van der Waals surface area contributed by atoms with Crippen molar-refractivity contribution in [2.75, 3.05) is 18.5 Å². The Kier molecular flexibility index (Phi) is 4.20. The van der Waals surface area contributed by atoms with Crippen molar-refractivity contribution in [2.45, 2.75) is 26.9 Å². The van der Waals surface area contributed by atoms with Gasteiger partial charge in [-0.3, -0.25) is 0 Å². The fraction of sp³-hybridized carbons (Fsp3) is 0.538. The second-order valence-electron chi connectivity index (χ2n) is 4.41. The SMILES string of the molecule is CCP(Cl)(CC)(CC)Cc1ccccc1. The monoisotopic (exact) mass is 244 g/mol. The summed E-state index contributed by atoms with van der Waals surface area (Å²) in [5, 5.41) is 0. The first-order chi connectivity index (χ1) is 7.06. The van der Waals surface area contributed by atoms with Crippen molar-refractivity contribution in [3.63, 3.8) is 0 Å². The van der Waals surface area contributed by atoms with E-state index in [4.69, 9.17) is 11.2 Å². The molecule has 0 nitrogen and oxygen atoms in total. The Balaban J connectivity index is 2.95. The van der Waals surface area contributed by atoms with E-state index in [0.29, 0.717) is 0 Å². The molecule has 0 heterocycles. The molecule has 0 bridgehead atoms. The molecular formula is C13H22ClP. The predicted molar refractivity (Wildman–Crippen MR) is 74.5 cm³/mol. The Morgan fingerprint density at radius 1 is 0.933 bits per heavy atom. The van der Waals surface area contributed by atoms with Crippen LogP contribution in [0.1, 0.15) is 26.3 Å². The summed E-state index contributed by atoms with van der Waals surface area (Å²) >= 11 is 7.02. The van der Waals surface area contributed by atoms with E-state index in [-0.39, 0.29) is 0 Å². The minimum absolute atomic E-state index is 1.09. The maximum atomic E-state index is 7.02. The number of benzene rings is 1. The third kappa shape index (κ3) is 2.95. The molecule has 0 amide bonds. The average molecular weight is 245 g/mol. The Morgan fingerprint density at radius 2 is 1.40 bits per heavy atom. The first kappa shape index (κ1) is 13.0. The summed E-state index contributed by atoms with van der Waals surface area (Å²) in [6.45, 7) is 6.75. The Bertz CT molecular complexity index is 293. The van der Waals surface area contributed by atoms with Gasteiger partial charge in [-0.1, -0.05) is 0 Å². The molecule has 0 atom stereocenters. The van der Waals surface area contributed by atoms with Gasteiger partial charge in [-0.15, -0.1) is 0 Å². The zero-order chi connectivity index (χ0) is 11.4. The molecule has 0 spiro atoms. The standard InChI is InChI=1S/C13H22ClP/c1-4-15(14,5-2,6-3)12-13-10-8-7-9-11-13/h7-11H,4-6,12H2,1-3H3. The van der Waals surface area contributed by atoms with Gasteiger partial charge in [0.1, 0.15) is 0 Å². The van der Waals surface area contributed by atoms with Gasteiger partial charge in [-0.05, 0) is 0 Å². The molecule has 0 radical (unpaired) electrons. The van der Waals surface area contributed by atoms with E-state index in [0.717, 1.165) is 24.6 Å². The molecule has 2 heteroatoms. The number of hydrogen-bond donors (Lipinski definition) is 0. The fourth-order valence-electron chi connectivity index (χ4n) is 2.05. The van der Waals surface area contributed by atoms with Crippen LogP contribution in [0.25, 0.3) is 0 Å². The summed E-state index contributed by atoms with van der Waals surface area (Å²) in [7, 11) is 0. The molecule has 0 saturated carbocycles. The molecule has 0 fully saturated rings.